The second kappa shape index (κ2) is 12.9. The van der Waals surface area contributed by atoms with Gasteiger partial charge in [-0.25, -0.2) is 13.6 Å². The third kappa shape index (κ3) is 6.36. The number of hydrogen-bond acceptors (Lipinski definition) is 9. The van der Waals surface area contributed by atoms with E-state index >= 15 is 0 Å². The van der Waals surface area contributed by atoms with Crippen LogP contribution in [0.3, 0.4) is 0 Å². The van der Waals surface area contributed by atoms with Crippen LogP contribution in [0.25, 0.3) is 0 Å². The molecule has 1 aromatic carbocycles. The monoisotopic (exact) mass is 632 g/mol. The number of benzene rings is 1. The first-order valence-corrected chi connectivity index (χ1v) is 14.9. The summed E-state index contributed by atoms with van der Waals surface area (Å²) in [5, 5.41) is 6.55. The lowest BCUT2D eigenvalue weighted by Gasteiger charge is -2.41. The van der Waals surface area contributed by atoms with Gasteiger partial charge in [0.2, 0.25) is 17.1 Å². The maximum absolute atomic E-state index is 14.3. The van der Waals surface area contributed by atoms with Crippen LogP contribution in [-0.4, -0.2) is 65.2 Å². The first kappa shape index (κ1) is 31.9. The minimum atomic E-state index is -1.20. The van der Waals surface area contributed by atoms with E-state index in [1.807, 2.05) is 20.8 Å². The Morgan fingerprint density at radius 1 is 1.27 bits per heavy atom. The zero-order valence-corrected chi connectivity index (χ0v) is 25.6. The SMILES string of the molecule is COC1=NO[C@@]2(CC[C@H](C)N3C[C@H]2n2cc(C(=O)NCc4ccc(F)cc4F)c(=O)c(OC(=O)OCCCC(C)C)c2C3=O)C1.[HH]. The fraction of sp³-hybridized carbons (Fsp3) is 0.516. The van der Waals surface area contributed by atoms with Gasteiger partial charge in [0.05, 0.1) is 26.2 Å². The van der Waals surface area contributed by atoms with E-state index in [2.05, 4.69) is 10.5 Å². The highest BCUT2D eigenvalue weighted by atomic mass is 19.1. The number of rotatable bonds is 8. The number of methoxy groups -OCH3 is 1. The predicted molar refractivity (Wildman–Crippen MR) is 158 cm³/mol. The van der Waals surface area contributed by atoms with Crippen molar-refractivity contribution in [1.82, 2.24) is 14.8 Å². The van der Waals surface area contributed by atoms with Crippen molar-refractivity contribution in [2.45, 2.75) is 77.1 Å². The van der Waals surface area contributed by atoms with E-state index in [4.69, 9.17) is 19.0 Å². The maximum Gasteiger partial charge on any atom is 0.514 e. The molecule has 0 unspecified atom stereocenters. The van der Waals surface area contributed by atoms with Crippen molar-refractivity contribution < 1.29 is 43.6 Å². The smallest absolute Gasteiger partial charge is 0.482 e. The zero-order chi connectivity index (χ0) is 32.5. The second-order valence-corrected chi connectivity index (χ2v) is 12.0. The lowest BCUT2D eigenvalue weighted by Crippen LogP contribution is -2.52. The normalized spacial score (nSPS) is 22.0. The van der Waals surface area contributed by atoms with Crippen LogP contribution in [0.5, 0.6) is 5.75 Å². The topological polar surface area (TPSA) is 138 Å². The van der Waals surface area contributed by atoms with Crippen LogP contribution in [0, 0.1) is 17.6 Å². The summed E-state index contributed by atoms with van der Waals surface area (Å²) in [6.45, 7) is 5.73. The highest BCUT2D eigenvalue weighted by Gasteiger charge is 2.55. The van der Waals surface area contributed by atoms with Crippen LogP contribution in [-0.2, 0) is 20.9 Å². The number of halogens is 2. The number of oxime groups is 1. The van der Waals surface area contributed by atoms with Gasteiger partial charge in [-0.15, -0.1) is 0 Å². The molecule has 1 saturated heterocycles. The molecule has 12 nitrogen and oxygen atoms in total. The van der Waals surface area contributed by atoms with E-state index in [1.165, 1.54) is 23.9 Å². The van der Waals surface area contributed by atoms with Crippen LogP contribution >= 0.6 is 0 Å². The number of fused-ring (bicyclic) bond motifs is 5. The summed E-state index contributed by atoms with van der Waals surface area (Å²) in [5.41, 5.74) is -2.76. The van der Waals surface area contributed by atoms with Gasteiger partial charge in [0.1, 0.15) is 17.2 Å². The molecule has 14 heteroatoms. The molecule has 4 heterocycles. The van der Waals surface area contributed by atoms with Crippen LogP contribution in [0.2, 0.25) is 0 Å². The molecule has 5 rings (SSSR count). The van der Waals surface area contributed by atoms with Gasteiger partial charge in [0.15, 0.2) is 11.3 Å². The average Bonchev–Trinajstić information content (AvgIpc) is 3.38. The Hall–Kier alpha value is -4.49. The molecule has 1 N–H and O–H groups in total. The number of nitrogens with zero attached hydrogens (tertiary/aromatic N) is 3. The van der Waals surface area contributed by atoms with Gasteiger partial charge >= 0.3 is 6.16 Å². The molecule has 3 aliphatic rings. The van der Waals surface area contributed by atoms with E-state index in [0.717, 1.165) is 12.5 Å². The number of ether oxygens (including phenoxy) is 3. The summed E-state index contributed by atoms with van der Waals surface area (Å²) in [5.74, 6) is -3.11. The maximum atomic E-state index is 14.3. The molecule has 0 radical (unpaired) electrons. The van der Waals surface area contributed by atoms with Crippen molar-refractivity contribution in [3.05, 3.63) is 63.1 Å². The number of pyridine rings is 1. The van der Waals surface area contributed by atoms with E-state index in [-0.39, 0.29) is 44.8 Å². The molecule has 1 aromatic heterocycles. The number of aromatic nitrogens is 1. The van der Waals surface area contributed by atoms with Crippen molar-refractivity contribution in [2.75, 3.05) is 20.3 Å². The van der Waals surface area contributed by atoms with Crippen molar-refractivity contribution in [1.29, 1.82) is 0 Å². The standard InChI is InChI=1S/C31H36F2N4O8.H2/c1-17(2)6-5-11-43-30(41)44-27-25-29(40)36-16-23(31(10-9-18(36)3)13-24(42-4)35-45-31)37(25)15-21(26(27)38)28(39)34-14-19-7-8-20(32)12-22(19)33;/h7-8,12,15,17-18,23H,5-6,9-11,13-14,16H2,1-4H3,(H,34,39);1H/t18-,23+,31-;/m0./s1. The second-order valence-electron chi connectivity index (χ2n) is 12.0. The molecule has 2 amide bonds. The Labute approximate surface area is 259 Å². The molecule has 1 spiro atoms. The number of amides is 2. The van der Waals surface area contributed by atoms with Crippen LogP contribution in [0.4, 0.5) is 13.6 Å². The summed E-state index contributed by atoms with van der Waals surface area (Å²) in [4.78, 5) is 61.6. The Bertz CT molecular complexity index is 1600. The molecule has 244 valence electrons. The van der Waals surface area contributed by atoms with E-state index in [1.54, 1.807) is 4.90 Å². The van der Waals surface area contributed by atoms with Crippen LogP contribution < -0.4 is 15.5 Å². The fourth-order valence-corrected chi connectivity index (χ4v) is 5.97. The molecule has 3 aliphatic heterocycles. The molecule has 3 atom stereocenters. The Morgan fingerprint density at radius 3 is 2.73 bits per heavy atom. The highest BCUT2D eigenvalue weighted by molar-refractivity contribution is 6.00. The van der Waals surface area contributed by atoms with Crippen LogP contribution in [0.15, 0.2) is 34.3 Å². The van der Waals surface area contributed by atoms with Crippen molar-refractivity contribution in [2.24, 2.45) is 11.1 Å². The van der Waals surface area contributed by atoms with Gasteiger partial charge in [-0.05, 0) is 44.6 Å². The lowest BCUT2D eigenvalue weighted by molar-refractivity contribution is -0.0655. The van der Waals surface area contributed by atoms with Crippen molar-refractivity contribution >= 4 is 23.9 Å². The summed E-state index contributed by atoms with van der Waals surface area (Å²) in [6, 6.07) is 1.96. The number of nitrogens with one attached hydrogen (secondary N) is 1. The summed E-state index contributed by atoms with van der Waals surface area (Å²) in [6.07, 6.45) is 2.62. The first-order valence-electron chi connectivity index (χ1n) is 14.9. The van der Waals surface area contributed by atoms with Gasteiger partial charge < -0.3 is 33.8 Å². The van der Waals surface area contributed by atoms with E-state index in [0.29, 0.717) is 37.1 Å². The van der Waals surface area contributed by atoms with E-state index in [9.17, 15) is 28.0 Å². The average molecular weight is 633 g/mol. The molecule has 45 heavy (non-hydrogen) atoms. The summed E-state index contributed by atoms with van der Waals surface area (Å²) < 4.78 is 45.1. The largest absolute Gasteiger partial charge is 0.514 e. The third-order valence-corrected chi connectivity index (χ3v) is 8.53. The Kier molecular flexibility index (Phi) is 9.12. The van der Waals surface area contributed by atoms with Gasteiger partial charge in [0.25, 0.3) is 11.8 Å². The van der Waals surface area contributed by atoms with Crippen molar-refractivity contribution in [3.63, 3.8) is 0 Å². The molecular formula is C31H38F2N4O8. The number of carbonyl (C=O) groups is 3. The van der Waals surface area contributed by atoms with Gasteiger partial charge in [0, 0.05) is 38.4 Å². The predicted octanol–water partition coefficient (Wildman–Crippen LogP) is 4.55. The molecule has 2 bridgehead atoms. The van der Waals surface area contributed by atoms with E-state index < -0.39 is 58.0 Å². The van der Waals surface area contributed by atoms with Gasteiger partial charge in [-0.3, -0.25) is 14.4 Å². The number of carbonyl (C=O) groups excluding carboxylic acids is 3. The molecule has 0 aliphatic carbocycles. The Morgan fingerprint density at radius 2 is 2.04 bits per heavy atom. The Balaban J connectivity index is 0.00000480. The van der Waals surface area contributed by atoms with Gasteiger partial charge in [-0.2, -0.15) is 0 Å². The zero-order valence-electron chi connectivity index (χ0n) is 25.6. The van der Waals surface area contributed by atoms with Crippen molar-refractivity contribution in [3.8, 4) is 5.75 Å². The van der Waals surface area contributed by atoms with Gasteiger partial charge in [-0.1, -0.05) is 25.1 Å². The molecule has 1 fully saturated rings. The first-order chi connectivity index (χ1) is 21.4. The number of hydrogen-bond donors (Lipinski definition) is 1. The van der Waals surface area contributed by atoms with Crippen LogP contribution in [0.1, 0.15) is 86.8 Å². The molecular weight excluding hydrogens is 594 g/mol. The summed E-state index contributed by atoms with van der Waals surface area (Å²) >= 11 is 0. The summed E-state index contributed by atoms with van der Waals surface area (Å²) in [7, 11) is 1.47. The highest BCUT2D eigenvalue weighted by Crippen LogP contribution is 2.46. The lowest BCUT2D eigenvalue weighted by atomic mass is 9.85. The quantitative estimate of drug-likeness (QED) is 0.331. The fourth-order valence-electron chi connectivity index (χ4n) is 5.97. The molecule has 0 saturated carbocycles. The minimum Gasteiger partial charge on any atom is -0.482 e. The molecule has 2 aromatic rings. The minimum absolute atomic E-state index is 0. The third-order valence-electron chi connectivity index (χ3n) is 8.53.